The molecular weight excluding hydrogens is 366 g/mol. The second-order valence-corrected chi connectivity index (χ2v) is 6.52. The molecule has 0 unspecified atom stereocenters. The summed E-state index contributed by atoms with van der Waals surface area (Å²) < 4.78 is 16.1. The topological polar surface area (TPSA) is 119 Å². The van der Waals surface area contributed by atoms with Gasteiger partial charge in [-0.3, -0.25) is 25.2 Å². The molecule has 0 bridgehead atoms. The van der Waals surface area contributed by atoms with Crippen molar-refractivity contribution in [2.45, 2.75) is 26.0 Å². The Labute approximate surface area is 161 Å². The van der Waals surface area contributed by atoms with Crippen LogP contribution in [-0.2, 0) is 9.59 Å². The summed E-state index contributed by atoms with van der Waals surface area (Å²) in [4.78, 5) is 36.8. The average molecular weight is 387 g/mol. The summed E-state index contributed by atoms with van der Waals surface area (Å²) in [6, 6.07) is 9.17. The maximum Gasteiger partial charge on any atom is 0.287 e. The fourth-order valence-electron chi connectivity index (χ4n) is 2.59. The van der Waals surface area contributed by atoms with Gasteiger partial charge in [0.25, 0.3) is 17.7 Å². The monoisotopic (exact) mass is 387 g/mol. The summed E-state index contributed by atoms with van der Waals surface area (Å²) in [6.07, 6.45) is 0.453. The van der Waals surface area contributed by atoms with Crippen molar-refractivity contribution in [1.82, 2.24) is 16.2 Å². The molecule has 3 amide bonds. The van der Waals surface area contributed by atoms with Gasteiger partial charge < -0.3 is 19.2 Å². The molecule has 0 fully saturated rings. The Hall–Kier alpha value is -3.49. The molecule has 9 heteroatoms. The van der Waals surface area contributed by atoms with Crippen LogP contribution in [0.15, 0.2) is 47.1 Å². The molecule has 0 saturated carbocycles. The van der Waals surface area contributed by atoms with E-state index < -0.39 is 29.9 Å². The second-order valence-electron chi connectivity index (χ2n) is 6.52. The van der Waals surface area contributed by atoms with Crippen molar-refractivity contribution < 1.29 is 28.3 Å². The predicted molar refractivity (Wildman–Crippen MR) is 97.4 cm³/mol. The molecule has 9 nitrogen and oxygen atoms in total. The van der Waals surface area contributed by atoms with Gasteiger partial charge in [0.1, 0.15) is 12.6 Å². The Bertz CT molecular complexity index is 849. The average Bonchev–Trinajstić information content (AvgIpc) is 3.24. The van der Waals surface area contributed by atoms with Gasteiger partial charge in [-0.05, 0) is 30.2 Å². The first-order chi connectivity index (χ1) is 13.5. The molecule has 1 aromatic carbocycles. The minimum atomic E-state index is -0.912. The largest absolute Gasteiger partial charge is 0.485 e. The van der Waals surface area contributed by atoms with Gasteiger partial charge in [0.15, 0.2) is 17.3 Å². The molecule has 3 rings (SSSR count). The summed E-state index contributed by atoms with van der Waals surface area (Å²) >= 11 is 0. The van der Waals surface area contributed by atoms with Crippen LogP contribution in [0.2, 0.25) is 0 Å². The van der Waals surface area contributed by atoms with E-state index in [1.54, 1.807) is 44.2 Å². The quantitative estimate of drug-likeness (QED) is 0.659. The maximum atomic E-state index is 12.4. The van der Waals surface area contributed by atoms with E-state index in [0.717, 1.165) is 0 Å². The van der Waals surface area contributed by atoms with Crippen LogP contribution in [0.1, 0.15) is 24.4 Å². The highest BCUT2D eigenvalue weighted by Gasteiger charge is 2.30. The summed E-state index contributed by atoms with van der Waals surface area (Å²) in [5.41, 5.74) is 4.62. The van der Waals surface area contributed by atoms with Crippen LogP contribution in [-0.4, -0.2) is 36.5 Å². The molecule has 2 atom stereocenters. The fraction of sp³-hybridized carbons (Fsp3) is 0.316. The molecule has 1 aliphatic heterocycles. The van der Waals surface area contributed by atoms with Crippen molar-refractivity contribution in [3.8, 4) is 11.5 Å². The lowest BCUT2D eigenvalue weighted by atomic mass is 10.0. The van der Waals surface area contributed by atoms with Crippen LogP contribution in [0.4, 0.5) is 0 Å². The molecule has 0 spiro atoms. The standard InChI is InChI=1S/C19H21N3O6/c1-11(2)16(20-17(23)14-8-5-9-26-14)19(25)22-21-18(24)15-10-27-12-6-3-4-7-13(12)28-15/h3-9,11,15-16H,10H2,1-2H3,(H,20,23)(H,21,24)(H,22,25)/t15-,16+/m0/s1. The predicted octanol–water partition coefficient (Wildman–Crippen LogP) is 1.02. The molecule has 1 aliphatic rings. The molecule has 0 saturated heterocycles. The molecular formula is C19H21N3O6. The Morgan fingerprint density at radius 1 is 1.04 bits per heavy atom. The summed E-state index contributed by atoms with van der Waals surface area (Å²) in [6.45, 7) is 3.55. The van der Waals surface area contributed by atoms with Gasteiger partial charge in [-0.1, -0.05) is 26.0 Å². The molecule has 0 radical (unpaired) electrons. The number of hydrazine groups is 1. The highest BCUT2D eigenvalue weighted by Crippen LogP contribution is 2.30. The number of nitrogens with one attached hydrogen (secondary N) is 3. The van der Waals surface area contributed by atoms with Gasteiger partial charge in [0.2, 0.25) is 6.10 Å². The van der Waals surface area contributed by atoms with Crippen molar-refractivity contribution in [2.75, 3.05) is 6.61 Å². The van der Waals surface area contributed by atoms with Gasteiger partial charge >= 0.3 is 0 Å². The lowest BCUT2D eigenvalue weighted by molar-refractivity contribution is -0.135. The second kappa shape index (κ2) is 8.47. The van der Waals surface area contributed by atoms with Gasteiger partial charge in [-0.25, -0.2) is 0 Å². The van der Waals surface area contributed by atoms with E-state index in [2.05, 4.69) is 16.2 Å². The van der Waals surface area contributed by atoms with E-state index in [9.17, 15) is 14.4 Å². The Morgan fingerprint density at radius 3 is 2.46 bits per heavy atom. The Balaban J connectivity index is 1.54. The number of amides is 3. The molecule has 3 N–H and O–H groups in total. The first-order valence-electron chi connectivity index (χ1n) is 8.78. The van der Waals surface area contributed by atoms with Crippen LogP contribution >= 0.6 is 0 Å². The number of carbonyl (C=O) groups excluding carboxylic acids is 3. The number of hydrogen-bond donors (Lipinski definition) is 3. The molecule has 2 aromatic rings. The number of hydrogen-bond acceptors (Lipinski definition) is 6. The van der Waals surface area contributed by atoms with Crippen molar-refractivity contribution in [3.63, 3.8) is 0 Å². The SMILES string of the molecule is CC(C)[C@@H](NC(=O)c1ccco1)C(=O)NNC(=O)[C@@H]1COc2ccccc2O1. The van der Waals surface area contributed by atoms with E-state index in [0.29, 0.717) is 11.5 Å². The van der Waals surface area contributed by atoms with Crippen molar-refractivity contribution in [2.24, 2.45) is 5.92 Å². The number of ether oxygens (including phenoxy) is 2. The lowest BCUT2D eigenvalue weighted by Crippen LogP contribution is -2.57. The zero-order valence-corrected chi connectivity index (χ0v) is 15.4. The number of fused-ring (bicyclic) bond motifs is 1. The van der Waals surface area contributed by atoms with Crippen molar-refractivity contribution >= 4 is 17.7 Å². The first-order valence-corrected chi connectivity index (χ1v) is 8.78. The molecule has 148 valence electrons. The Kier molecular flexibility index (Phi) is 5.83. The Morgan fingerprint density at radius 2 is 1.79 bits per heavy atom. The summed E-state index contributed by atoms with van der Waals surface area (Å²) in [5, 5.41) is 2.58. The molecule has 1 aromatic heterocycles. The lowest BCUT2D eigenvalue weighted by Gasteiger charge is -2.26. The normalized spacial score (nSPS) is 16.2. The third-order valence-electron chi connectivity index (χ3n) is 4.09. The number of para-hydroxylation sites is 2. The van der Waals surface area contributed by atoms with Gasteiger partial charge in [0.05, 0.1) is 6.26 Å². The van der Waals surface area contributed by atoms with E-state index in [1.807, 2.05) is 0 Å². The van der Waals surface area contributed by atoms with Crippen LogP contribution in [0.3, 0.4) is 0 Å². The third-order valence-corrected chi connectivity index (χ3v) is 4.09. The molecule has 28 heavy (non-hydrogen) atoms. The number of benzene rings is 1. The van der Waals surface area contributed by atoms with E-state index in [4.69, 9.17) is 13.9 Å². The van der Waals surface area contributed by atoms with Crippen LogP contribution in [0.5, 0.6) is 11.5 Å². The highest BCUT2D eigenvalue weighted by molar-refractivity contribution is 5.96. The highest BCUT2D eigenvalue weighted by atomic mass is 16.6. The molecule has 0 aliphatic carbocycles. The van der Waals surface area contributed by atoms with E-state index in [-0.39, 0.29) is 18.3 Å². The number of carbonyl (C=O) groups is 3. The van der Waals surface area contributed by atoms with Gasteiger partial charge in [0, 0.05) is 0 Å². The van der Waals surface area contributed by atoms with Crippen molar-refractivity contribution in [3.05, 3.63) is 48.4 Å². The number of rotatable bonds is 5. The molecule has 2 heterocycles. The summed E-state index contributed by atoms with van der Waals surface area (Å²) in [7, 11) is 0. The van der Waals surface area contributed by atoms with Gasteiger partial charge in [-0.15, -0.1) is 0 Å². The van der Waals surface area contributed by atoms with Crippen LogP contribution in [0.25, 0.3) is 0 Å². The zero-order chi connectivity index (χ0) is 20.1. The van der Waals surface area contributed by atoms with E-state index in [1.165, 1.54) is 12.3 Å². The van der Waals surface area contributed by atoms with Gasteiger partial charge in [-0.2, -0.15) is 0 Å². The summed E-state index contributed by atoms with van der Waals surface area (Å²) in [5.74, 6) is -0.790. The fourth-order valence-corrected chi connectivity index (χ4v) is 2.59. The van der Waals surface area contributed by atoms with Crippen LogP contribution < -0.4 is 25.6 Å². The smallest absolute Gasteiger partial charge is 0.287 e. The van der Waals surface area contributed by atoms with E-state index >= 15 is 0 Å². The first kappa shape index (κ1) is 19.3. The number of furan rings is 1. The third kappa shape index (κ3) is 4.43. The zero-order valence-electron chi connectivity index (χ0n) is 15.4. The van der Waals surface area contributed by atoms with Crippen molar-refractivity contribution in [1.29, 1.82) is 0 Å². The maximum absolute atomic E-state index is 12.4. The minimum Gasteiger partial charge on any atom is -0.485 e. The minimum absolute atomic E-state index is 0.0154. The van der Waals surface area contributed by atoms with Crippen LogP contribution in [0, 0.1) is 5.92 Å².